The molecule has 0 unspecified atom stereocenters. The number of esters is 4. The first-order valence-electron chi connectivity index (χ1n) is 30.9. The zero-order valence-corrected chi connectivity index (χ0v) is 54.8. The van der Waals surface area contributed by atoms with Crippen molar-refractivity contribution in [1.29, 1.82) is 0 Å². The second-order valence-electron chi connectivity index (χ2n) is 23.8. The van der Waals surface area contributed by atoms with Crippen LogP contribution in [-0.4, -0.2) is 157 Å². The highest BCUT2D eigenvalue weighted by molar-refractivity contribution is 7.99. The molecule has 23 heteroatoms. The quantitative estimate of drug-likeness (QED) is 0.0202. The summed E-state index contributed by atoms with van der Waals surface area (Å²) in [4.78, 5) is 86.8. The van der Waals surface area contributed by atoms with Crippen LogP contribution in [0.1, 0.15) is 77.6 Å². The molecule has 2 amide bonds. The van der Waals surface area contributed by atoms with Crippen LogP contribution in [0.25, 0.3) is 0 Å². The Labute approximate surface area is 559 Å². The number of carbonyl (C=O) groups excluding carboxylic acids is 6. The monoisotopic (exact) mass is 1350 g/mol. The lowest BCUT2D eigenvalue weighted by atomic mass is 9.93. The SMILES string of the molecule is CC(=O)O[C@H]1[C@H](O[C@H]2[C@H](O[C@@H]3O[C@@H](C)[C@@H](OCc4ccccc4)[C@@H](OCc4ccccc4)[C@@H]3OCc3ccccc3)[C@@H](N3C(=O)c4ccccc4C3=O)[C@H](Sc3ccccc3)O[C@@H]2COCc2ccccc2)O[C@H](COC(=O)C(C)(C)C)[C@H](OC(=O)CCl)[C@@H]1OC(=O)CCl. The van der Waals surface area contributed by atoms with E-state index in [1.807, 2.05) is 159 Å². The van der Waals surface area contributed by atoms with E-state index in [0.29, 0.717) is 4.90 Å². The Hall–Kier alpha value is -7.09. The van der Waals surface area contributed by atoms with Gasteiger partial charge in [0.05, 0.1) is 55.7 Å². The summed E-state index contributed by atoms with van der Waals surface area (Å²) >= 11 is 13.4. The minimum absolute atomic E-state index is 0.00326. The largest absolute Gasteiger partial charge is 0.462 e. The number of alkyl halides is 2. The number of hydrogen-bond acceptors (Lipinski definition) is 20. The molecule has 0 N–H and O–H groups in total. The topological polar surface area (TPSA) is 226 Å². The number of thioether (sulfide) groups is 1. The first-order valence-corrected chi connectivity index (χ1v) is 32.8. The van der Waals surface area contributed by atoms with E-state index >= 15 is 9.59 Å². The third-order valence-electron chi connectivity index (χ3n) is 15.9. The van der Waals surface area contributed by atoms with Gasteiger partial charge in [-0.15, -0.1) is 23.2 Å². The minimum atomic E-state index is -1.94. The number of benzene rings is 6. The number of ether oxygens (including phenoxy) is 13. The molecule has 94 heavy (non-hydrogen) atoms. The first-order chi connectivity index (χ1) is 45.5. The Kier molecular flexibility index (Phi) is 24.5. The fourth-order valence-corrected chi connectivity index (χ4v) is 12.8. The molecule has 0 aliphatic carbocycles. The summed E-state index contributed by atoms with van der Waals surface area (Å²) in [5.74, 6) is -6.53. The molecule has 0 saturated carbocycles. The van der Waals surface area contributed by atoms with Crippen LogP contribution in [0.3, 0.4) is 0 Å². The fourth-order valence-electron chi connectivity index (χ4n) is 11.4. The maximum Gasteiger partial charge on any atom is 0.321 e. The standard InChI is InChI=1S/C71H75Cl2NO19S/c1-43-57(82-38-46-25-13-7-14-26-46)61(83-39-47-27-15-8-16-28-47)63(84-40-48-29-17-9-18-30-48)67(86-43)93-60-56(74-65(78)50-33-21-22-34-51(50)66(74)79)69(94-49-31-19-10-20-32-49)89-52(41-81-37-45-23-11-6-12-24-45)58(60)92-68-64(87-44(2)75)62(91-55(77)36-73)59(90-54(76)35-72)53(88-68)42-85-70(80)71(3,4)5/h6-34,43,52-53,56-64,67-69H,35-42H2,1-5H3/t43-,52+,53+,56+,57+,58+,59-,60+,61+,62-,63-,64+,67-,68-,69-/m0/s1. The summed E-state index contributed by atoms with van der Waals surface area (Å²) in [6.45, 7) is 7.07. The summed E-state index contributed by atoms with van der Waals surface area (Å²) in [5.41, 5.74) is 1.18. The van der Waals surface area contributed by atoms with Gasteiger partial charge in [-0.25, -0.2) is 0 Å². The molecule has 3 fully saturated rings. The van der Waals surface area contributed by atoms with Crippen molar-refractivity contribution in [2.45, 2.75) is 157 Å². The number of halogens is 2. The van der Waals surface area contributed by atoms with Crippen molar-refractivity contribution in [3.8, 4) is 0 Å². The summed E-state index contributed by atoms with van der Waals surface area (Å²) < 4.78 is 87.4. The van der Waals surface area contributed by atoms with Crippen molar-refractivity contribution >= 4 is 70.7 Å². The van der Waals surface area contributed by atoms with Gasteiger partial charge in [-0.1, -0.05) is 163 Å². The average molecular weight is 1350 g/mol. The van der Waals surface area contributed by atoms with Crippen molar-refractivity contribution in [3.05, 3.63) is 209 Å². The number of amides is 2. The number of imide groups is 1. The van der Waals surface area contributed by atoms with Crippen LogP contribution >= 0.6 is 35.0 Å². The van der Waals surface area contributed by atoms with Crippen molar-refractivity contribution in [2.75, 3.05) is 25.0 Å². The molecule has 4 heterocycles. The predicted octanol–water partition coefficient (Wildman–Crippen LogP) is 10.2. The number of carbonyl (C=O) groups is 6. The molecule has 10 rings (SSSR count). The number of hydrogen-bond donors (Lipinski definition) is 0. The van der Waals surface area contributed by atoms with Crippen LogP contribution in [0, 0.1) is 5.41 Å². The van der Waals surface area contributed by atoms with E-state index in [1.54, 1.807) is 45.0 Å². The maximum atomic E-state index is 15.5. The Morgan fingerprint density at radius 3 is 1.45 bits per heavy atom. The van der Waals surface area contributed by atoms with E-state index in [0.717, 1.165) is 34.1 Å². The molecular formula is C71H75Cl2NO19S. The zero-order chi connectivity index (χ0) is 66.3. The van der Waals surface area contributed by atoms with E-state index in [4.69, 9.17) is 84.8 Å². The third kappa shape index (κ3) is 17.7. The molecule has 20 nitrogen and oxygen atoms in total. The van der Waals surface area contributed by atoms with E-state index < -0.39 is 151 Å². The highest BCUT2D eigenvalue weighted by atomic mass is 35.5. The van der Waals surface area contributed by atoms with Gasteiger partial charge in [0.25, 0.3) is 11.8 Å². The fraction of sp³-hybridized carbons (Fsp3) is 0.408. The molecule has 6 aromatic rings. The second-order valence-corrected chi connectivity index (χ2v) is 25.5. The van der Waals surface area contributed by atoms with Gasteiger partial charge in [0.1, 0.15) is 72.6 Å². The maximum absolute atomic E-state index is 15.5. The first kappa shape index (κ1) is 69.7. The molecule has 4 aliphatic rings. The lowest BCUT2D eigenvalue weighted by Crippen LogP contribution is -2.70. The van der Waals surface area contributed by atoms with Crippen molar-refractivity contribution < 1.29 is 90.3 Å². The Balaban J connectivity index is 1.16. The summed E-state index contributed by atoms with van der Waals surface area (Å²) in [6.07, 6.45) is -18.9. The van der Waals surface area contributed by atoms with Gasteiger partial charge in [0, 0.05) is 11.8 Å². The van der Waals surface area contributed by atoms with Gasteiger partial charge in [-0.05, 0) is 74.2 Å². The molecule has 0 bridgehead atoms. The minimum Gasteiger partial charge on any atom is -0.462 e. The lowest BCUT2D eigenvalue weighted by Gasteiger charge is -2.52. The van der Waals surface area contributed by atoms with E-state index in [-0.39, 0.29) is 44.2 Å². The van der Waals surface area contributed by atoms with Crippen LogP contribution in [0.4, 0.5) is 0 Å². The van der Waals surface area contributed by atoms with E-state index in [9.17, 15) is 19.2 Å². The van der Waals surface area contributed by atoms with Crippen LogP contribution in [0.15, 0.2) is 181 Å². The highest BCUT2D eigenvalue weighted by Crippen LogP contribution is 2.44. The smallest absolute Gasteiger partial charge is 0.321 e. The highest BCUT2D eigenvalue weighted by Gasteiger charge is 2.61. The second kappa shape index (κ2) is 33.0. The van der Waals surface area contributed by atoms with Gasteiger partial charge in [-0.3, -0.25) is 33.7 Å². The molecule has 4 aliphatic heterocycles. The van der Waals surface area contributed by atoms with Gasteiger partial charge in [0.2, 0.25) is 0 Å². The molecule has 15 atom stereocenters. The summed E-state index contributed by atoms with van der Waals surface area (Å²) in [5, 5.41) is 0. The van der Waals surface area contributed by atoms with Crippen molar-refractivity contribution in [3.63, 3.8) is 0 Å². The third-order valence-corrected chi connectivity index (χ3v) is 17.5. The zero-order valence-electron chi connectivity index (χ0n) is 52.4. The van der Waals surface area contributed by atoms with Crippen molar-refractivity contribution in [1.82, 2.24) is 4.90 Å². The average Bonchev–Trinajstić information content (AvgIpc) is 1.38. The molecule has 0 aromatic heterocycles. The number of rotatable bonds is 27. The van der Waals surface area contributed by atoms with E-state index in [1.165, 1.54) is 11.8 Å². The molecule has 6 aromatic carbocycles. The Bertz CT molecular complexity index is 3430. The summed E-state index contributed by atoms with van der Waals surface area (Å²) in [6, 6.07) is 52.0. The molecule has 0 radical (unpaired) electrons. The van der Waals surface area contributed by atoms with Gasteiger partial charge in [0.15, 0.2) is 30.9 Å². The van der Waals surface area contributed by atoms with Crippen LogP contribution in [-0.2, 0) is 107 Å². The number of nitrogens with zero attached hydrogens (tertiary/aromatic N) is 1. The van der Waals surface area contributed by atoms with Crippen LogP contribution in [0.5, 0.6) is 0 Å². The van der Waals surface area contributed by atoms with Gasteiger partial charge < -0.3 is 61.6 Å². The predicted molar refractivity (Wildman–Crippen MR) is 343 cm³/mol. The number of fused-ring (bicyclic) bond motifs is 1. The molecule has 498 valence electrons. The lowest BCUT2D eigenvalue weighted by molar-refractivity contribution is -0.368. The molecule has 0 spiro atoms. The van der Waals surface area contributed by atoms with E-state index in [2.05, 4.69) is 0 Å². The molecule has 3 saturated heterocycles. The molecular weight excluding hydrogens is 1270 g/mol. The Morgan fingerprint density at radius 1 is 0.489 bits per heavy atom. The van der Waals surface area contributed by atoms with Gasteiger partial charge >= 0.3 is 23.9 Å². The normalized spacial score (nSPS) is 26.8. The summed E-state index contributed by atoms with van der Waals surface area (Å²) in [7, 11) is 0. The van der Waals surface area contributed by atoms with Crippen molar-refractivity contribution in [2.24, 2.45) is 5.41 Å². The van der Waals surface area contributed by atoms with Crippen LogP contribution in [0.2, 0.25) is 0 Å². The van der Waals surface area contributed by atoms with Gasteiger partial charge in [-0.2, -0.15) is 0 Å². The Morgan fingerprint density at radius 2 is 0.936 bits per heavy atom. The van der Waals surface area contributed by atoms with Crippen LogP contribution < -0.4 is 0 Å².